The molecule has 0 aromatic rings. The number of rotatable bonds is 44. The van der Waals surface area contributed by atoms with Crippen LogP contribution in [0.25, 0.3) is 0 Å². The second kappa shape index (κ2) is 52.9. The van der Waals surface area contributed by atoms with E-state index in [0.29, 0.717) is 19.3 Å². The lowest BCUT2D eigenvalue weighted by molar-refractivity contribution is -0.167. The van der Waals surface area contributed by atoms with E-state index in [4.69, 9.17) is 14.2 Å². The van der Waals surface area contributed by atoms with Crippen LogP contribution in [0.5, 0.6) is 0 Å². The molecule has 0 saturated carbocycles. The van der Waals surface area contributed by atoms with Gasteiger partial charge >= 0.3 is 17.9 Å². The number of carbonyl (C=O) groups is 3. The molecule has 0 bridgehead atoms. The maximum absolute atomic E-state index is 12.8. The quantitative estimate of drug-likeness (QED) is 0.0199. The van der Waals surface area contributed by atoms with E-state index in [1.54, 1.807) is 0 Å². The number of hydrogen-bond donors (Lipinski definition) is 0. The van der Waals surface area contributed by atoms with Crippen LogP contribution in [0.15, 0.2) is 146 Å². The van der Waals surface area contributed by atoms with Crippen molar-refractivity contribution >= 4 is 17.9 Å². The highest BCUT2D eigenvalue weighted by molar-refractivity contribution is 5.71. The van der Waals surface area contributed by atoms with Gasteiger partial charge in [0.15, 0.2) is 6.10 Å². The molecular formula is C60H92O6. The molecule has 0 N–H and O–H groups in total. The second-order valence-electron chi connectivity index (χ2n) is 16.5. The van der Waals surface area contributed by atoms with Gasteiger partial charge in [0.05, 0.1) is 0 Å². The minimum atomic E-state index is -0.835. The van der Waals surface area contributed by atoms with Gasteiger partial charge in [-0.3, -0.25) is 14.4 Å². The third-order valence-electron chi connectivity index (χ3n) is 10.3. The Morgan fingerprint density at radius 2 is 0.682 bits per heavy atom. The summed E-state index contributed by atoms with van der Waals surface area (Å²) in [7, 11) is 0. The van der Waals surface area contributed by atoms with Crippen LogP contribution in [0.2, 0.25) is 0 Å². The van der Waals surface area contributed by atoms with Crippen LogP contribution in [0, 0.1) is 0 Å². The fourth-order valence-electron chi connectivity index (χ4n) is 6.42. The first kappa shape index (κ1) is 61.3. The Bertz CT molecular complexity index is 1510. The van der Waals surface area contributed by atoms with E-state index in [9.17, 15) is 14.4 Å². The zero-order valence-electron chi connectivity index (χ0n) is 41.9. The number of unbranched alkanes of at least 4 members (excludes halogenated alkanes) is 15. The lowest BCUT2D eigenvalue weighted by Gasteiger charge is -2.18. The van der Waals surface area contributed by atoms with Crippen LogP contribution in [-0.2, 0) is 28.6 Å². The maximum Gasteiger partial charge on any atom is 0.306 e. The molecule has 1 unspecified atom stereocenters. The molecule has 0 rings (SSSR count). The lowest BCUT2D eigenvalue weighted by Crippen LogP contribution is -2.30. The summed E-state index contributed by atoms with van der Waals surface area (Å²) in [5, 5.41) is 0. The van der Waals surface area contributed by atoms with Crippen LogP contribution in [0.1, 0.15) is 194 Å². The van der Waals surface area contributed by atoms with Gasteiger partial charge in [-0.25, -0.2) is 0 Å². The SMILES string of the molecule is CC\C=C/C=C\C=C/C=C\C=C\C=C/C=C\CCCCCC(=O)OCC(COC(=O)CCCCCCC/C=C\C/C=C\CC)OC(=O)CCC/C=C\C/C=C\C/C=C\CCCCCCCC. The van der Waals surface area contributed by atoms with Gasteiger partial charge in [-0.1, -0.05) is 224 Å². The molecule has 0 heterocycles. The Labute approximate surface area is 404 Å². The molecule has 0 aromatic heterocycles. The molecule has 6 nitrogen and oxygen atoms in total. The fraction of sp³-hybridized carbons (Fsp3) is 0.550. The number of hydrogen-bond acceptors (Lipinski definition) is 6. The highest BCUT2D eigenvalue weighted by Gasteiger charge is 2.19. The first-order valence-electron chi connectivity index (χ1n) is 25.9. The van der Waals surface area contributed by atoms with Crippen molar-refractivity contribution in [1.29, 1.82) is 0 Å². The van der Waals surface area contributed by atoms with Crippen molar-refractivity contribution in [3.05, 3.63) is 146 Å². The monoisotopic (exact) mass is 909 g/mol. The first-order chi connectivity index (χ1) is 32.5. The third-order valence-corrected chi connectivity index (χ3v) is 10.3. The summed E-state index contributed by atoms with van der Waals surface area (Å²) in [6, 6.07) is 0. The average molecular weight is 909 g/mol. The van der Waals surface area contributed by atoms with Crippen LogP contribution >= 0.6 is 0 Å². The van der Waals surface area contributed by atoms with Gasteiger partial charge < -0.3 is 14.2 Å². The molecule has 6 heteroatoms. The summed E-state index contributed by atoms with van der Waals surface area (Å²) in [5.74, 6) is -1.05. The van der Waals surface area contributed by atoms with Crippen molar-refractivity contribution in [1.82, 2.24) is 0 Å². The predicted molar refractivity (Wildman–Crippen MR) is 283 cm³/mol. The van der Waals surface area contributed by atoms with Gasteiger partial charge in [0.25, 0.3) is 0 Å². The molecule has 1 atom stereocenters. The topological polar surface area (TPSA) is 78.9 Å². The number of esters is 3. The van der Waals surface area contributed by atoms with Gasteiger partial charge in [0.1, 0.15) is 13.2 Å². The van der Waals surface area contributed by atoms with E-state index in [0.717, 1.165) is 96.3 Å². The van der Waals surface area contributed by atoms with Crippen LogP contribution in [-0.4, -0.2) is 37.2 Å². The van der Waals surface area contributed by atoms with E-state index < -0.39 is 6.10 Å². The summed E-state index contributed by atoms with van der Waals surface area (Å²) >= 11 is 0. The van der Waals surface area contributed by atoms with Gasteiger partial charge in [0.2, 0.25) is 0 Å². The van der Waals surface area contributed by atoms with E-state index in [-0.39, 0.29) is 44.0 Å². The predicted octanol–water partition coefficient (Wildman–Crippen LogP) is 17.3. The molecule has 0 saturated heterocycles. The maximum atomic E-state index is 12.8. The largest absolute Gasteiger partial charge is 0.462 e. The third kappa shape index (κ3) is 50.3. The standard InChI is InChI=1S/C60H92O6/c1-4-7-10-13-16-19-22-25-27-29-30-32-33-35-38-41-44-47-50-53-59(62)65-56-57(55-64-58(61)52-49-46-43-40-37-24-21-18-15-12-9-6-3)66-60(63)54-51-48-45-42-39-36-34-31-28-26-23-20-17-14-11-8-5-2/h7,9-10,12-13,16,18-19,21-22,25-30,32-36,38,42,45,57H,4-6,8,11,14-15,17,20,23-24,31,37,39-41,43-44,46-56H2,1-3H3/b10-7-,12-9-,16-13-,21-18-,22-19-,27-25-,28-26-,30-29+,33-32-,36-34-,38-35-,45-42-. The molecule has 0 spiro atoms. The van der Waals surface area contributed by atoms with Crippen LogP contribution in [0.3, 0.4) is 0 Å². The summed E-state index contributed by atoms with van der Waals surface area (Å²) < 4.78 is 16.7. The van der Waals surface area contributed by atoms with E-state index in [1.165, 1.54) is 44.9 Å². The molecule has 0 radical (unpaired) electrons. The molecule has 66 heavy (non-hydrogen) atoms. The zero-order chi connectivity index (χ0) is 47.9. The first-order valence-corrected chi connectivity index (χ1v) is 25.9. The minimum Gasteiger partial charge on any atom is -0.462 e. The second-order valence-corrected chi connectivity index (χ2v) is 16.5. The summed E-state index contributed by atoms with van der Waals surface area (Å²) in [4.78, 5) is 38.0. The van der Waals surface area contributed by atoms with E-state index in [1.807, 2.05) is 72.9 Å². The van der Waals surface area contributed by atoms with E-state index >= 15 is 0 Å². The Morgan fingerprint density at radius 3 is 1.17 bits per heavy atom. The van der Waals surface area contributed by atoms with Crippen molar-refractivity contribution < 1.29 is 28.6 Å². The molecule has 0 aliphatic heterocycles. The van der Waals surface area contributed by atoms with Crippen molar-refractivity contribution in [2.45, 2.75) is 200 Å². The van der Waals surface area contributed by atoms with Crippen molar-refractivity contribution in [3.63, 3.8) is 0 Å². The van der Waals surface area contributed by atoms with Crippen molar-refractivity contribution in [2.75, 3.05) is 13.2 Å². The molecule has 368 valence electrons. The van der Waals surface area contributed by atoms with Crippen LogP contribution < -0.4 is 0 Å². The minimum absolute atomic E-state index is 0.127. The van der Waals surface area contributed by atoms with Gasteiger partial charge in [-0.15, -0.1) is 0 Å². The molecule has 0 aromatic carbocycles. The number of allylic oxidation sites excluding steroid dienone is 24. The van der Waals surface area contributed by atoms with Crippen molar-refractivity contribution in [3.8, 4) is 0 Å². The smallest absolute Gasteiger partial charge is 0.306 e. The highest BCUT2D eigenvalue weighted by Crippen LogP contribution is 2.12. The highest BCUT2D eigenvalue weighted by atomic mass is 16.6. The summed E-state index contributed by atoms with van der Waals surface area (Å²) in [6.07, 6.45) is 75.5. The number of carbonyl (C=O) groups excluding carboxylic acids is 3. The Balaban J connectivity index is 4.61. The normalized spacial score (nSPS) is 13.3. The molecule has 0 amide bonds. The Hall–Kier alpha value is -4.71. The summed E-state index contributed by atoms with van der Waals surface area (Å²) in [6.45, 7) is 6.25. The molecular weight excluding hydrogens is 817 g/mol. The van der Waals surface area contributed by atoms with Gasteiger partial charge in [-0.2, -0.15) is 0 Å². The fourth-order valence-corrected chi connectivity index (χ4v) is 6.42. The Morgan fingerprint density at radius 1 is 0.333 bits per heavy atom. The molecule has 0 fully saturated rings. The molecule has 0 aliphatic rings. The van der Waals surface area contributed by atoms with Crippen LogP contribution in [0.4, 0.5) is 0 Å². The van der Waals surface area contributed by atoms with E-state index in [2.05, 4.69) is 93.7 Å². The van der Waals surface area contributed by atoms with Gasteiger partial charge in [-0.05, 0) is 96.3 Å². The van der Waals surface area contributed by atoms with Gasteiger partial charge in [0, 0.05) is 19.3 Å². The Kier molecular flexibility index (Phi) is 49.1. The molecule has 0 aliphatic carbocycles. The van der Waals surface area contributed by atoms with Crippen molar-refractivity contribution in [2.24, 2.45) is 0 Å². The summed E-state index contributed by atoms with van der Waals surface area (Å²) in [5.41, 5.74) is 0. The number of ether oxygens (including phenoxy) is 3. The zero-order valence-corrected chi connectivity index (χ0v) is 41.9. The average Bonchev–Trinajstić information content (AvgIpc) is 3.31. The lowest BCUT2D eigenvalue weighted by atomic mass is 10.1.